The number of allylic oxidation sites excluding steroid dienone is 2. The summed E-state index contributed by atoms with van der Waals surface area (Å²) in [5, 5.41) is 4.82. The van der Waals surface area contributed by atoms with Crippen molar-refractivity contribution in [2.24, 2.45) is 15.0 Å². The summed E-state index contributed by atoms with van der Waals surface area (Å²) < 4.78 is 37.5. The van der Waals surface area contributed by atoms with Crippen LogP contribution in [0, 0.1) is 18.2 Å². The van der Waals surface area contributed by atoms with Crippen molar-refractivity contribution >= 4 is 35.1 Å². The number of nitrogens with one attached hydrogen (secondary N) is 1. The highest BCUT2D eigenvalue weighted by molar-refractivity contribution is 6.29. The van der Waals surface area contributed by atoms with Crippen molar-refractivity contribution in [1.82, 2.24) is 15.1 Å². The number of hydrogen-bond donors (Lipinski definition) is 1. The van der Waals surface area contributed by atoms with E-state index >= 15 is 4.39 Å². The van der Waals surface area contributed by atoms with Gasteiger partial charge in [-0.15, -0.1) is 6.42 Å². The van der Waals surface area contributed by atoms with Gasteiger partial charge in [-0.25, -0.2) is 13.8 Å². The second-order valence-corrected chi connectivity index (χ2v) is 12.7. The number of aliphatic imine (C=N–C) groups is 3. The Labute approximate surface area is 257 Å². The van der Waals surface area contributed by atoms with Gasteiger partial charge in [0, 0.05) is 61.0 Å². The molecule has 9 heteroatoms. The Morgan fingerprint density at radius 1 is 1.18 bits per heavy atom. The monoisotopic (exact) mass is 596 g/mol. The summed E-state index contributed by atoms with van der Waals surface area (Å²) >= 11 is 0. The fourth-order valence-electron chi connectivity index (χ4n) is 8.23. The first-order valence-corrected chi connectivity index (χ1v) is 15.6. The molecular formula is C35H38F2N6O. The van der Waals surface area contributed by atoms with E-state index in [1.165, 1.54) is 6.07 Å². The molecule has 4 fully saturated rings. The Morgan fingerprint density at radius 3 is 2.75 bits per heavy atom. The maximum Gasteiger partial charge on any atom is 0.175 e. The minimum absolute atomic E-state index is 0.0912. The number of fused-ring (bicyclic) bond motifs is 4. The highest BCUT2D eigenvalue weighted by Gasteiger charge is 2.49. The zero-order valence-corrected chi connectivity index (χ0v) is 25.2. The van der Waals surface area contributed by atoms with Crippen molar-refractivity contribution in [2.75, 3.05) is 39.9 Å². The van der Waals surface area contributed by atoms with Crippen LogP contribution in [0.4, 0.5) is 8.78 Å². The quantitative estimate of drug-likeness (QED) is 0.356. The van der Waals surface area contributed by atoms with Crippen LogP contribution in [-0.2, 0) is 4.74 Å². The van der Waals surface area contributed by atoms with Gasteiger partial charge in [-0.2, -0.15) is 0 Å². The molecule has 0 spiro atoms. The van der Waals surface area contributed by atoms with Crippen molar-refractivity contribution in [3.05, 3.63) is 64.5 Å². The van der Waals surface area contributed by atoms with Crippen LogP contribution in [0.2, 0.25) is 0 Å². The highest BCUT2D eigenvalue weighted by atomic mass is 19.1. The third-order valence-electron chi connectivity index (χ3n) is 10.2. The van der Waals surface area contributed by atoms with Gasteiger partial charge in [-0.1, -0.05) is 30.2 Å². The van der Waals surface area contributed by atoms with E-state index in [1.54, 1.807) is 25.5 Å². The SMILES string of the molecule is C#Cc1c(F)ccc2cccc(C3=C(F)C(=NCC45CCCN4[C@@H](COC)CC5)/C(=C(\N=C)N4CC5CCC(C4)N5)C=N3)c12. The average molecular weight is 597 g/mol. The van der Waals surface area contributed by atoms with E-state index in [-0.39, 0.29) is 22.5 Å². The van der Waals surface area contributed by atoms with Crippen LogP contribution in [0.5, 0.6) is 0 Å². The van der Waals surface area contributed by atoms with Crippen LogP contribution >= 0.6 is 0 Å². The number of nitrogens with zero attached hydrogens (tertiary/aromatic N) is 5. The first kappa shape index (κ1) is 29.0. The fourth-order valence-corrected chi connectivity index (χ4v) is 8.23. The molecule has 44 heavy (non-hydrogen) atoms. The van der Waals surface area contributed by atoms with Crippen molar-refractivity contribution in [2.45, 2.75) is 62.2 Å². The minimum atomic E-state index is -0.561. The van der Waals surface area contributed by atoms with Crippen LogP contribution in [0.25, 0.3) is 16.5 Å². The predicted octanol–water partition coefficient (Wildman–Crippen LogP) is 5.12. The van der Waals surface area contributed by atoms with Crippen LogP contribution in [0.1, 0.15) is 49.7 Å². The molecule has 4 saturated heterocycles. The smallest absolute Gasteiger partial charge is 0.175 e. The number of terminal acetylenes is 1. The third kappa shape index (κ3) is 4.80. The molecule has 2 bridgehead atoms. The lowest BCUT2D eigenvalue weighted by Gasteiger charge is -2.36. The fraction of sp³-hybridized carbons (Fsp3) is 0.457. The molecule has 4 atom stereocenters. The molecule has 5 aliphatic rings. The number of halogens is 2. The van der Waals surface area contributed by atoms with E-state index in [4.69, 9.17) is 16.2 Å². The van der Waals surface area contributed by atoms with Gasteiger partial charge in [0.2, 0.25) is 0 Å². The largest absolute Gasteiger partial charge is 0.383 e. The summed E-state index contributed by atoms with van der Waals surface area (Å²) in [6.45, 7) is 7.55. The van der Waals surface area contributed by atoms with Gasteiger partial charge < -0.3 is 15.0 Å². The molecule has 0 saturated carbocycles. The molecule has 2 aromatic carbocycles. The van der Waals surface area contributed by atoms with Gasteiger partial charge in [0.15, 0.2) is 5.83 Å². The summed E-state index contributed by atoms with van der Waals surface area (Å²) in [7, 11) is 1.74. The lowest BCUT2D eigenvalue weighted by atomic mass is 9.93. The van der Waals surface area contributed by atoms with Crippen molar-refractivity contribution in [3.63, 3.8) is 0 Å². The van der Waals surface area contributed by atoms with Gasteiger partial charge in [0.25, 0.3) is 0 Å². The molecule has 0 radical (unpaired) electrons. The molecule has 7 rings (SSSR count). The first-order chi connectivity index (χ1) is 21.5. The van der Waals surface area contributed by atoms with Gasteiger partial charge >= 0.3 is 0 Å². The highest BCUT2D eigenvalue weighted by Crippen LogP contribution is 2.43. The Morgan fingerprint density at radius 2 is 2.00 bits per heavy atom. The first-order valence-electron chi connectivity index (χ1n) is 15.6. The molecule has 0 aromatic heterocycles. The predicted molar refractivity (Wildman–Crippen MR) is 172 cm³/mol. The Balaban J connectivity index is 1.36. The minimum Gasteiger partial charge on any atom is -0.383 e. The van der Waals surface area contributed by atoms with E-state index in [9.17, 15) is 4.39 Å². The number of methoxy groups -OCH3 is 1. The Bertz CT molecular complexity index is 1660. The summed E-state index contributed by atoms with van der Waals surface area (Å²) in [4.78, 5) is 18.9. The van der Waals surface area contributed by atoms with Gasteiger partial charge in [0.1, 0.15) is 23.0 Å². The van der Waals surface area contributed by atoms with E-state index in [0.29, 0.717) is 59.0 Å². The average Bonchev–Trinajstić information content (AvgIpc) is 3.70. The number of benzene rings is 2. The second kappa shape index (κ2) is 11.7. The van der Waals surface area contributed by atoms with Crippen LogP contribution in [-0.4, -0.2) is 92.0 Å². The zero-order valence-electron chi connectivity index (χ0n) is 25.2. The molecule has 0 amide bonds. The number of likely N-dealkylation sites (tertiary alicyclic amines) is 1. The van der Waals surface area contributed by atoms with Crippen molar-refractivity contribution in [3.8, 4) is 12.3 Å². The van der Waals surface area contributed by atoms with Crippen molar-refractivity contribution < 1.29 is 13.5 Å². The standard InChI is InChI=1S/C35H38F2N6O/c1-4-26-29(36)12-9-22-7-5-8-27(30(22)26)32-31(37)33(40-21-35-14-6-16-43(35)25(13-15-35)20-44-3)28(17-39-32)34(38-2)42-18-23-10-11-24(19-42)41-23/h1,5,7-9,12,17,23-25,41H,2,6,10-11,13-16,18-21H2,3H3/b34-28+,40-33?/t23?,24?,25-,35?/m1/s1. The van der Waals surface area contributed by atoms with Crippen LogP contribution < -0.4 is 5.32 Å². The summed E-state index contributed by atoms with van der Waals surface area (Å²) in [5.41, 5.74) is 1.23. The Hall–Kier alpha value is -3.71. The molecular weight excluding hydrogens is 558 g/mol. The lowest BCUT2D eigenvalue weighted by molar-refractivity contribution is 0.0848. The molecule has 5 aliphatic heterocycles. The Kier molecular flexibility index (Phi) is 7.69. The van der Waals surface area contributed by atoms with E-state index in [2.05, 4.69) is 37.7 Å². The summed E-state index contributed by atoms with van der Waals surface area (Å²) in [6.07, 6.45) is 13.7. The third-order valence-corrected chi connectivity index (χ3v) is 10.2. The van der Waals surface area contributed by atoms with Gasteiger partial charge in [-0.05, 0) is 63.2 Å². The zero-order chi connectivity index (χ0) is 30.4. The lowest BCUT2D eigenvalue weighted by Crippen LogP contribution is -2.50. The van der Waals surface area contributed by atoms with Gasteiger partial charge in [0.05, 0.1) is 24.3 Å². The molecule has 3 unspecified atom stereocenters. The molecule has 228 valence electrons. The number of hydrogen-bond acceptors (Lipinski definition) is 7. The maximum atomic E-state index is 17.1. The molecule has 2 aromatic rings. The number of ether oxygens (including phenoxy) is 1. The summed E-state index contributed by atoms with van der Waals surface area (Å²) in [5.74, 6) is 1.98. The normalized spacial score (nSPS) is 30.4. The topological polar surface area (TPSA) is 64.8 Å². The maximum absolute atomic E-state index is 17.1. The second-order valence-electron chi connectivity index (χ2n) is 12.7. The molecule has 5 heterocycles. The number of rotatable bonds is 7. The molecule has 7 nitrogen and oxygen atoms in total. The molecule has 1 N–H and O–H groups in total. The summed E-state index contributed by atoms with van der Waals surface area (Å²) in [6, 6.07) is 9.46. The van der Waals surface area contributed by atoms with E-state index in [1.807, 2.05) is 12.1 Å². The van der Waals surface area contributed by atoms with Crippen molar-refractivity contribution in [1.29, 1.82) is 0 Å². The van der Waals surface area contributed by atoms with E-state index < -0.39 is 11.6 Å². The van der Waals surface area contributed by atoms with Crippen LogP contribution in [0.3, 0.4) is 0 Å². The van der Waals surface area contributed by atoms with Crippen LogP contribution in [0.15, 0.2) is 62.5 Å². The molecule has 0 aliphatic carbocycles. The number of piperazine rings is 1. The van der Waals surface area contributed by atoms with Gasteiger partial charge in [-0.3, -0.25) is 14.9 Å². The van der Waals surface area contributed by atoms with E-state index in [0.717, 1.165) is 58.2 Å².